The Morgan fingerprint density at radius 3 is 2.32 bits per heavy atom. The van der Waals surface area contributed by atoms with Crippen LogP contribution in [0.1, 0.15) is 12.5 Å². The van der Waals surface area contributed by atoms with E-state index in [1.807, 2.05) is 43.3 Å². The number of benzene rings is 2. The average molecular weight is 396 g/mol. The number of aryl methyl sites for hydroxylation is 1. The van der Waals surface area contributed by atoms with Crippen LogP contribution >= 0.6 is 0 Å². The van der Waals surface area contributed by atoms with Crippen LogP contribution in [0.15, 0.2) is 64.5 Å². The monoisotopic (exact) mass is 395 g/mol. The van der Waals surface area contributed by atoms with Gasteiger partial charge in [0.05, 0.1) is 16.1 Å². The number of sulfone groups is 1. The molecule has 1 aliphatic rings. The Hall–Kier alpha value is -2.44. The number of anilines is 1. The Kier molecular flexibility index (Phi) is 5.08. The van der Waals surface area contributed by atoms with Gasteiger partial charge in [-0.15, -0.1) is 0 Å². The molecule has 28 heavy (non-hydrogen) atoms. The van der Waals surface area contributed by atoms with Crippen LogP contribution in [0.2, 0.25) is 0 Å². The molecule has 0 amide bonds. The van der Waals surface area contributed by atoms with Crippen LogP contribution in [0.3, 0.4) is 0 Å². The van der Waals surface area contributed by atoms with Crippen LogP contribution in [-0.4, -0.2) is 51.0 Å². The molecule has 0 saturated carbocycles. The number of piperazine rings is 1. The zero-order chi connectivity index (χ0) is 19.7. The molecule has 0 N–H and O–H groups in total. The summed E-state index contributed by atoms with van der Waals surface area (Å²) in [6.45, 7) is 8.59. The second kappa shape index (κ2) is 7.53. The van der Waals surface area contributed by atoms with Gasteiger partial charge in [0, 0.05) is 37.8 Å². The van der Waals surface area contributed by atoms with Crippen molar-refractivity contribution >= 4 is 26.4 Å². The summed E-state index contributed by atoms with van der Waals surface area (Å²) in [6.07, 6.45) is 1.53. The number of para-hydroxylation sites is 1. The molecule has 6 heteroatoms. The third-order valence-electron chi connectivity index (χ3n) is 5.47. The second-order valence-corrected chi connectivity index (χ2v) is 9.14. The lowest BCUT2D eigenvalue weighted by Gasteiger charge is -2.36. The molecule has 4 rings (SSSR count). The zero-order valence-corrected chi connectivity index (χ0v) is 17.1. The minimum absolute atomic E-state index is 0.292. The molecule has 0 radical (unpaired) electrons. The van der Waals surface area contributed by atoms with Crippen LogP contribution in [0, 0.1) is 6.92 Å². The SMILES string of the molecule is CCN1CCN(c2c(S(=O)(=O)c3ccc(C)cc3)cnc3ccccc23)CC1. The van der Waals surface area contributed by atoms with Crippen LogP contribution in [0.4, 0.5) is 5.69 Å². The number of nitrogens with zero attached hydrogens (tertiary/aromatic N) is 3. The predicted molar refractivity (Wildman–Crippen MR) is 113 cm³/mol. The van der Waals surface area contributed by atoms with Crippen LogP contribution in [0.25, 0.3) is 10.9 Å². The van der Waals surface area contributed by atoms with E-state index in [0.29, 0.717) is 9.79 Å². The van der Waals surface area contributed by atoms with Gasteiger partial charge in [-0.3, -0.25) is 4.98 Å². The van der Waals surface area contributed by atoms with Gasteiger partial charge in [0.15, 0.2) is 0 Å². The van der Waals surface area contributed by atoms with Gasteiger partial charge in [-0.1, -0.05) is 42.8 Å². The standard InChI is InChI=1S/C22H25N3O2S/c1-3-24-12-14-25(15-13-24)22-19-6-4-5-7-20(19)23-16-21(22)28(26,27)18-10-8-17(2)9-11-18/h4-11,16H,3,12-15H2,1-2H3. The fourth-order valence-corrected chi connectivity index (χ4v) is 5.20. The molecule has 2 heterocycles. The molecule has 2 aromatic carbocycles. The summed E-state index contributed by atoms with van der Waals surface area (Å²) >= 11 is 0. The Bertz CT molecular complexity index is 1090. The Balaban J connectivity index is 1.88. The first-order valence-electron chi connectivity index (χ1n) is 9.67. The van der Waals surface area contributed by atoms with Crippen LogP contribution in [0.5, 0.6) is 0 Å². The van der Waals surface area contributed by atoms with Gasteiger partial charge in [-0.25, -0.2) is 8.42 Å². The minimum Gasteiger partial charge on any atom is -0.367 e. The van der Waals surface area contributed by atoms with Crippen molar-refractivity contribution in [2.75, 3.05) is 37.6 Å². The molecule has 1 saturated heterocycles. The van der Waals surface area contributed by atoms with Crippen molar-refractivity contribution in [1.29, 1.82) is 0 Å². The normalized spacial score (nSPS) is 15.9. The summed E-state index contributed by atoms with van der Waals surface area (Å²) < 4.78 is 27.0. The summed E-state index contributed by atoms with van der Waals surface area (Å²) in [6, 6.07) is 14.8. The number of fused-ring (bicyclic) bond motifs is 1. The summed E-state index contributed by atoms with van der Waals surface area (Å²) in [7, 11) is -3.66. The van der Waals surface area contributed by atoms with Gasteiger partial charge in [0.1, 0.15) is 4.90 Å². The number of hydrogen-bond donors (Lipinski definition) is 0. The highest BCUT2D eigenvalue weighted by atomic mass is 32.2. The molecule has 1 aliphatic heterocycles. The average Bonchev–Trinajstić information content (AvgIpc) is 2.73. The highest BCUT2D eigenvalue weighted by molar-refractivity contribution is 7.91. The number of pyridine rings is 1. The van der Waals surface area contributed by atoms with Crippen LogP contribution < -0.4 is 4.90 Å². The van der Waals surface area contributed by atoms with Crippen LogP contribution in [-0.2, 0) is 9.84 Å². The molecule has 0 unspecified atom stereocenters. The maximum atomic E-state index is 13.5. The molecule has 3 aromatic rings. The summed E-state index contributed by atoms with van der Waals surface area (Å²) in [4.78, 5) is 9.65. The number of rotatable bonds is 4. The maximum absolute atomic E-state index is 13.5. The van der Waals surface area contributed by atoms with Gasteiger partial charge in [-0.2, -0.15) is 0 Å². The van der Waals surface area contributed by atoms with Crippen molar-refractivity contribution in [1.82, 2.24) is 9.88 Å². The predicted octanol–water partition coefficient (Wildman–Crippen LogP) is 3.52. The summed E-state index contributed by atoms with van der Waals surface area (Å²) in [5, 5.41) is 0.889. The van der Waals surface area contributed by atoms with E-state index >= 15 is 0 Å². The minimum atomic E-state index is -3.66. The van der Waals surface area contributed by atoms with Gasteiger partial charge in [0.2, 0.25) is 9.84 Å². The molecule has 5 nitrogen and oxygen atoms in total. The maximum Gasteiger partial charge on any atom is 0.210 e. The van der Waals surface area contributed by atoms with E-state index < -0.39 is 9.84 Å². The van der Waals surface area contributed by atoms with Crippen molar-refractivity contribution < 1.29 is 8.42 Å². The van der Waals surface area contributed by atoms with E-state index in [4.69, 9.17) is 0 Å². The smallest absolute Gasteiger partial charge is 0.210 e. The highest BCUT2D eigenvalue weighted by Gasteiger charge is 2.28. The Morgan fingerprint density at radius 2 is 1.64 bits per heavy atom. The first-order chi connectivity index (χ1) is 13.5. The number of aromatic nitrogens is 1. The highest BCUT2D eigenvalue weighted by Crippen LogP contribution is 2.36. The molecule has 1 fully saturated rings. The molecule has 0 bridgehead atoms. The lowest BCUT2D eigenvalue weighted by atomic mass is 10.1. The summed E-state index contributed by atoms with van der Waals surface area (Å²) in [5.74, 6) is 0. The molecule has 1 aromatic heterocycles. The van der Waals surface area contributed by atoms with E-state index in [2.05, 4.69) is 21.7 Å². The third-order valence-corrected chi connectivity index (χ3v) is 7.24. The number of hydrogen-bond acceptors (Lipinski definition) is 5. The quantitative estimate of drug-likeness (QED) is 0.677. The van der Waals surface area contributed by atoms with E-state index in [1.165, 1.54) is 6.20 Å². The van der Waals surface area contributed by atoms with Crippen molar-refractivity contribution in [2.45, 2.75) is 23.6 Å². The van der Waals surface area contributed by atoms with Crippen molar-refractivity contribution in [3.8, 4) is 0 Å². The van der Waals surface area contributed by atoms with Crippen molar-refractivity contribution in [3.05, 3.63) is 60.3 Å². The molecule has 0 aliphatic carbocycles. The molecular weight excluding hydrogens is 370 g/mol. The first kappa shape index (κ1) is 18.9. The second-order valence-electron chi connectivity index (χ2n) is 7.23. The van der Waals surface area contributed by atoms with Gasteiger partial charge in [0.25, 0.3) is 0 Å². The zero-order valence-electron chi connectivity index (χ0n) is 16.3. The Morgan fingerprint density at radius 1 is 0.964 bits per heavy atom. The summed E-state index contributed by atoms with van der Waals surface area (Å²) in [5.41, 5.74) is 2.63. The van der Waals surface area contributed by atoms with E-state index in [1.54, 1.807) is 12.1 Å². The lowest BCUT2D eigenvalue weighted by Crippen LogP contribution is -2.46. The van der Waals surface area contributed by atoms with E-state index in [-0.39, 0.29) is 0 Å². The fraction of sp³-hybridized carbons (Fsp3) is 0.318. The first-order valence-corrected chi connectivity index (χ1v) is 11.2. The molecule has 0 spiro atoms. The topological polar surface area (TPSA) is 53.5 Å². The molecule has 0 atom stereocenters. The third kappa shape index (κ3) is 3.38. The van der Waals surface area contributed by atoms with E-state index in [9.17, 15) is 8.42 Å². The van der Waals surface area contributed by atoms with Crippen molar-refractivity contribution in [3.63, 3.8) is 0 Å². The van der Waals surface area contributed by atoms with Gasteiger partial charge < -0.3 is 9.80 Å². The fourth-order valence-electron chi connectivity index (χ4n) is 3.76. The largest absolute Gasteiger partial charge is 0.367 e. The Labute approximate surface area is 166 Å². The molecular formula is C22H25N3O2S. The van der Waals surface area contributed by atoms with E-state index in [0.717, 1.165) is 54.9 Å². The number of likely N-dealkylation sites (N-methyl/N-ethyl adjacent to an activating group) is 1. The van der Waals surface area contributed by atoms with Gasteiger partial charge >= 0.3 is 0 Å². The van der Waals surface area contributed by atoms with Crippen molar-refractivity contribution in [2.24, 2.45) is 0 Å². The van der Waals surface area contributed by atoms with Gasteiger partial charge in [-0.05, 0) is 31.7 Å². The molecule has 146 valence electrons. The lowest BCUT2D eigenvalue weighted by molar-refractivity contribution is 0.271.